The second kappa shape index (κ2) is 6.12. The molecule has 0 spiro atoms. The second-order valence-electron chi connectivity index (χ2n) is 6.53. The van der Waals surface area contributed by atoms with Gasteiger partial charge < -0.3 is 15.1 Å². The highest BCUT2D eigenvalue weighted by atomic mass is 16.4. The van der Waals surface area contributed by atoms with Gasteiger partial charge in [0, 0.05) is 13.1 Å². The fourth-order valence-corrected chi connectivity index (χ4v) is 3.67. The molecule has 5 heteroatoms. The fourth-order valence-electron chi connectivity index (χ4n) is 3.67. The van der Waals surface area contributed by atoms with Crippen molar-refractivity contribution >= 4 is 11.9 Å². The van der Waals surface area contributed by atoms with Crippen LogP contribution in [-0.2, 0) is 9.59 Å². The number of carbonyl (C=O) groups excluding carboxylic acids is 1. The van der Waals surface area contributed by atoms with Gasteiger partial charge in [0.1, 0.15) is 0 Å². The Hall–Kier alpha value is -1.10. The van der Waals surface area contributed by atoms with Crippen LogP contribution in [0.1, 0.15) is 39.5 Å². The van der Waals surface area contributed by atoms with Crippen LogP contribution in [0.3, 0.4) is 0 Å². The molecule has 4 unspecified atom stereocenters. The minimum atomic E-state index is -0.841. The van der Waals surface area contributed by atoms with Crippen LogP contribution >= 0.6 is 0 Å². The van der Waals surface area contributed by atoms with Gasteiger partial charge in [-0.05, 0) is 44.4 Å². The summed E-state index contributed by atoms with van der Waals surface area (Å²) in [7, 11) is 0. The Morgan fingerprint density at radius 1 is 1.15 bits per heavy atom. The van der Waals surface area contributed by atoms with Crippen molar-refractivity contribution in [1.29, 1.82) is 0 Å². The molecule has 1 saturated heterocycles. The van der Waals surface area contributed by atoms with Crippen molar-refractivity contribution in [3.8, 4) is 0 Å². The molecule has 20 heavy (non-hydrogen) atoms. The number of aliphatic hydroxyl groups excluding tert-OH is 1. The van der Waals surface area contributed by atoms with E-state index in [-0.39, 0.29) is 23.8 Å². The third-order valence-corrected chi connectivity index (χ3v) is 4.97. The normalized spacial score (nSPS) is 33.1. The van der Waals surface area contributed by atoms with Crippen molar-refractivity contribution in [1.82, 2.24) is 4.90 Å². The molecule has 0 radical (unpaired) electrons. The number of hydrogen-bond donors (Lipinski definition) is 2. The van der Waals surface area contributed by atoms with Gasteiger partial charge in [0.2, 0.25) is 5.91 Å². The lowest BCUT2D eigenvalue weighted by molar-refractivity contribution is -0.149. The van der Waals surface area contributed by atoms with E-state index >= 15 is 0 Å². The summed E-state index contributed by atoms with van der Waals surface area (Å²) in [6.07, 6.45) is 2.58. The average Bonchev–Trinajstić information content (AvgIpc) is 2.80. The summed E-state index contributed by atoms with van der Waals surface area (Å²) in [6.45, 7) is 5.10. The molecule has 0 aromatic heterocycles. The Kier molecular flexibility index (Phi) is 4.68. The van der Waals surface area contributed by atoms with Crippen LogP contribution in [0.25, 0.3) is 0 Å². The zero-order chi connectivity index (χ0) is 14.9. The van der Waals surface area contributed by atoms with Crippen LogP contribution in [0.4, 0.5) is 0 Å². The number of aliphatic hydroxyl groups is 1. The van der Waals surface area contributed by atoms with Gasteiger partial charge in [0.05, 0.1) is 17.9 Å². The van der Waals surface area contributed by atoms with E-state index in [1.54, 1.807) is 11.8 Å². The molecule has 2 fully saturated rings. The molecule has 2 N–H and O–H groups in total. The second-order valence-corrected chi connectivity index (χ2v) is 6.53. The summed E-state index contributed by atoms with van der Waals surface area (Å²) in [5, 5.41) is 18.8. The Labute approximate surface area is 120 Å². The molecular formula is C15H25NO4. The smallest absolute Gasteiger partial charge is 0.307 e. The molecule has 1 saturated carbocycles. The van der Waals surface area contributed by atoms with Crippen molar-refractivity contribution < 1.29 is 19.8 Å². The Morgan fingerprint density at radius 2 is 1.70 bits per heavy atom. The number of carboxylic acid groups (broad SMARTS) is 1. The summed E-state index contributed by atoms with van der Waals surface area (Å²) in [6, 6.07) is 0. The molecule has 1 amide bonds. The number of rotatable bonds is 3. The minimum Gasteiger partial charge on any atom is -0.481 e. The largest absolute Gasteiger partial charge is 0.481 e. The van der Waals surface area contributed by atoms with Gasteiger partial charge in [0.25, 0.3) is 0 Å². The Balaban J connectivity index is 1.96. The maximum Gasteiger partial charge on any atom is 0.307 e. The molecule has 5 nitrogen and oxygen atoms in total. The van der Waals surface area contributed by atoms with E-state index in [1.807, 2.05) is 6.92 Å². The maximum absolute atomic E-state index is 12.5. The third-order valence-electron chi connectivity index (χ3n) is 4.97. The van der Waals surface area contributed by atoms with Gasteiger partial charge >= 0.3 is 5.97 Å². The summed E-state index contributed by atoms with van der Waals surface area (Å²) in [4.78, 5) is 25.6. The van der Waals surface area contributed by atoms with E-state index in [2.05, 4.69) is 0 Å². The van der Waals surface area contributed by atoms with Crippen LogP contribution in [-0.4, -0.2) is 46.2 Å². The van der Waals surface area contributed by atoms with Crippen LogP contribution in [0.15, 0.2) is 0 Å². The van der Waals surface area contributed by atoms with E-state index in [9.17, 15) is 19.8 Å². The van der Waals surface area contributed by atoms with E-state index in [4.69, 9.17) is 0 Å². The number of aliphatic carboxylic acids is 1. The number of nitrogens with zero attached hydrogens (tertiary/aromatic N) is 1. The van der Waals surface area contributed by atoms with Crippen LogP contribution in [0, 0.1) is 23.7 Å². The van der Waals surface area contributed by atoms with Crippen molar-refractivity contribution in [2.24, 2.45) is 23.7 Å². The monoisotopic (exact) mass is 283 g/mol. The van der Waals surface area contributed by atoms with Crippen LogP contribution < -0.4 is 0 Å². The summed E-state index contributed by atoms with van der Waals surface area (Å²) >= 11 is 0. The van der Waals surface area contributed by atoms with Gasteiger partial charge in [-0.3, -0.25) is 9.59 Å². The molecule has 0 aromatic rings. The lowest BCUT2D eigenvalue weighted by atomic mass is 9.89. The maximum atomic E-state index is 12.5. The number of hydrogen-bond acceptors (Lipinski definition) is 3. The summed E-state index contributed by atoms with van der Waals surface area (Å²) in [5.41, 5.74) is 0. The van der Waals surface area contributed by atoms with Gasteiger partial charge in [-0.2, -0.15) is 0 Å². The molecular weight excluding hydrogens is 258 g/mol. The predicted octanol–water partition coefficient (Wildman–Crippen LogP) is 1.35. The SMILES string of the molecule is CC1CC(C(=O)O)C(C(=O)N2CCC(C(C)O)CC2)C1. The number of piperidine rings is 1. The molecule has 4 atom stereocenters. The number of carboxylic acids is 1. The van der Waals surface area contributed by atoms with E-state index in [0.29, 0.717) is 31.8 Å². The van der Waals surface area contributed by atoms with Crippen molar-refractivity contribution in [2.75, 3.05) is 13.1 Å². The van der Waals surface area contributed by atoms with E-state index in [1.165, 1.54) is 0 Å². The molecule has 1 heterocycles. The number of carbonyl (C=O) groups is 2. The Bertz CT molecular complexity index is 374. The molecule has 0 bridgehead atoms. The zero-order valence-corrected chi connectivity index (χ0v) is 12.3. The predicted molar refractivity (Wildman–Crippen MR) is 74.0 cm³/mol. The zero-order valence-electron chi connectivity index (χ0n) is 12.3. The first-order valence-corrected chi connectivity index (χ1v) is 7.59. The van der Waals surface area contributed by atoms with Crippen molar-refractivity contribution in [3.63, 3.8) is 0 Å². The molecule has 0 aromatic carbocycles. The number of amides is 1. The first kappa shape index (κ1) is 15.3. The van der Waals surface area contributed by atoms with Crippen LogP contribution in [0.2, 0.25) is 0 Å². The van der Waals surface area contributed by atoms with Gasteiger partial charge in [-0.15, -0.1) is 0 Å². The first-order chi connectivity index (χ1) is 9.40. The van der Waals surface area contributed by atoms with E-state index in [0.717, 1.165) is 12.8 Å². The molecule has 1 aliphatic carbocycles. The highest BCUT2D eigenvalue weighted by Gasteiger charge is 2.43. The Morgan fingerprint density at radius 3 is 2.20 bits per heavy atom. The number of likely N-dealkylation sites (tertiary alicyclic amines) is 1. The van der Waals surface area contributed by atoms with E-state index < -0.39 is 11.9 Å². The van der Waals surface area contributed by atoms with Crippen LogP contribution in [0.5, 0.6) is 0 Å². The summed E-state index contributed by atoms with van der Waals surface area (Å²) in [5.74, 6) is -1.15. The average molecular weight is 283 g/mol. The van der Waals surface area contributed by atoms with Crippen molar-refractivity contribution in [3.05, 3.63) is 0 Å². The lowest BCUT2D eigenvalue weighted by Crippen LogP contribution is -2.45. The first-order valence-electron chi connectivity index (χ1n) is 7.59. The quantitative estimate of drug-likeness (QED) is 0.819. The molecule has 2 aliphatic rings. The molecule has 114 valence electrons. The van der Waals surface area contributed by atoms with Gasteiger partial charge in [-0.25, -0.2) is 0 Å². The highest BCUT2D eigenvalue weighted by Crippen LogP contribution is 2.38. The van der Waals surface area contributed by atoms with Crippen molar-refractivity contribution in [2.45, 2.75) is 45.6 Å². The molecule has 2 rings (SSSR count). The lowest BCUT2D eigenvalue weighted by Gasteiger charge is -2.35. The standard InChI is InChI=1S/C15H25NO4/c1-9-7-12(13(8-9)15(19)20)14(18)16-5-3-11(4-6-16)10(2)17/h9-13,17H,3-8H2,1-2H3,(H,19,20). The summed E-state index contributed by atoms with van der Waals surface area (Å²) < 4.78 is 0. The minimum absolute atomic E-state index is 0.00536. The van der Waals surface area contributed by atoms with Gasteiger partial charge in [0.15, 0.2) is 0 Å². The topological polar surface area (TPSA) is 77.8 Å². The highest BCUT2D eigenvalue weighted by molar-refractivity contribution is 5.85. The fraction of sp³-hybridized carbons (Fsp3) is 0.867. The molecule has 1 aliphatic heterocycles. The van der Waals surface area contributed by atoms with Gasteiger partial charge in [-0.1, -0.05) is 6.92 Å². The third kappa shape index (κ3) is 3.14.